The van der Waals surface area contributed by atoms with Gasteiger partial charge < -0.3 is 10.2 Å². The number of carbonyl (C=O) groups is 2. The summed E-state index contributed by atoms with van der Waals surface area (Å²) < 4.78 is 0. The lowest BCUT2D eigenvalue weighted by atomic mass is 9.49. The van der Waals surface area contributed by atoms with E-state index < -0.39 is 17.5 Å². The molecule has 0 saturated heterocycles. The van der Waals surface area contributed by atoms with E-state index in [2.05, 4.69) is 6.92 Å². The fourth-order valence-electron chi connectivity index (χ4n) is 4.90. The summed E-state index contributed by atoms with van der Waals surface area (Å²) in [7, 11) is 0. The highest BCUT2D eigenvalue weighted by molar-refractivity contribution is 5.94. The van der Waals surface area contributed by atoms with Gasteiger partial charge in [-0.2, -0.15) is 0 Å². The summed E-state index contributed by atoms with van der Waals surface area (Å²) in [4.78, 5) is 23.5. The van der Waals surface area contributed by atoms with Gasteiger partial charge in [-0.05, 0) is 61.6 Å². The first kappa shape index (κ1) is 16.2. The number of fused-ring (bicyclic) bond motifs is 3. The maximum atomic E-state index is 11.9. The normalized spacial score (nSPS) is 36.0. The SMILES string of the molecule is CC(=O)c1ccc2c(c1)C(O)CC1C(C)(C(=O)O)CCCC21C. The summed E-state index contributed by atoms with van der Waals surface area (Å²) in [5.41, 5.74) is 1.33. The van der Waals surface area contributed by atoms with E-state index in [1.165, 1.54) is 6.92 Å². The average Bonchev–Trinajstić information content (AvgIpc) is 2.49. The van der Waals surface area contributed by atoms with Crippen LogP contribution in [0.25, 0.3) is 0 Å². The predicted octanol–water partition coefficient (Wildman–Crippen LogP) is 3.48. The van der Waals surface area contributed by atoms with Crippen LogP contribution in [0.1, 0.15) is 74.0 Å². The molecule has 1 aromatic carbocycles. The smallest absolute Gasteiger partial charge is 0.309 e. The molecule has 1 aromatic rings. The molecule has 1 fully saturated rings. The minimum atomic E-state index is -0.815. The molecule has 0 spiro atoms. The second-order valence-corrected chi connectivity index (χ2v) is 7.66. The Labute approximate surface area is 136 Å². The molecule has 0 heterocycles. The van der Waals surface area contributed by atoms with Crippen molar-refractivity contribution in [2.75, 3.05) is 0 Å². The Kier molecular flexibility index (Phi) is 3.64. The Balaban J connectivity index is 2.16. The van der Waals surface area contributed by atoms with Gasteiger partial charge in [0.25, 0.3) is 0 Å². The fraction of sp³-hybridized carbons (Fsp3) is 0.579. The second-order valence-electron chi connectivity index (χ2n) is 7.66. The number of ketones is 1. The summed E-state index contributed by atoms with van der Waals surface area (Å²) in [6.45, 7) is 5.46. The highest BCUT2D eigenvalue weighted by Crippen LogP contribution is 2.59. The number of Topliss-reactive ketones (excluding diaryl/α,β-unsaturated/α-hetero) is 1. The Morgan fingerprint density at radius 2 is 1.91 bits per heavy atom. The maximum absolute atomic E-state index is 11.9. The van der Waals surface area contributed by atoms with Gasteiger partial charge in [0.15, 0.2) is 5.78 Å². The molecule has 2 aliphatic rings. The van der Waals surface area contributed by atoms with Gasteiger partial charge >= 0.3 is 5.97 Å². The number of benzene rings is 1. The van der Waals surface area contributed by atoms with E-state index in [4.69, 9.17) is 0 Å². The van der Waals surface area contributed by atoms with Crippen LogP contribution in [0.2, 0.25) is 0 Å². The minimum absolute atomic E-state index is 0.0219. The van der Waals surface area contributed by atoms with Crippen LogP contribution in [0.3, 0.4) is 0 Å². The number of aliphatic carboxylic acids is 1. The van der Waals surface area contributed by atoms with Crippen molar-refractivity contribution in [1.29, 1.82) is 0 Å². The lowest BCUT2D eigenvalue weighted by Crippen LogP contribution is -2.53. The lowest BCUT2D eigenvalue weighted by molar-refractivity contribution is -0.159. The number of hydrogen-bond donors (Lipinski definition) is 2. The molecule has 0 aliphatic heterocycles. The maximum Gasteiger partial charge on any atom is 0.309 e. The third kappa shape index (κ3) is 2.23. The number of rotatable bonds is 2. The minimum Gasteiger partial charge on any atom is -0.481 e. The number of carboxylic acid groups (broad SMARTS) is 1. The Hall–Kier alpha value is -1.68. The largest absolute Gasteiger partial charge is 0.481 e. The molecule has 4 heteroatoms. The molecule has 23 heavy (non-hydrogen) atoms. The van der Waals surface area contributed by atoms with Crippen molar-refractivity contribution in [2.45, 2.75) is 58.0 Å². The highest BCUT2D eigenvalue weighted by atomic mass is 16.4. The van der Waals surface area contributed by atoms with E-state index in [9.17, 15) is 19.8 Å². The van der Waals surface area contributed by atoms with Gasteiger partial charge in [-0.1, -0.05) is 25.5 Å². The topological polar surface area (TPSA) is 74.6 Å². The van der Waals surface area contributed by atoms with Crippen molar-refractivity contribution >= 4 is 11.8 Å². The van der Waals surface area contributed by atoms with E-state index >= 15 is 0 Å². The molecule has 0 amide bonds. The average molecular weight is 316 g/mol. The monoisotopic (exact) mass is 316 g/mol. The van der Waals surface area contributed by atoms with Crippen LogP contribution < -0.4 is 0 Å². The van der Waals surface area contributed by atoms with Gasteiger partial charge in [0.1, 0.15) is 0 Å². The first-order valence-electron chi connectivity index (χ1n) is 8.27. The molecular weight excluding hydrogens is 292 g/mol. The van der Waals surface area contributed by atoms with Crippen LogP contribution in [0.4, 0.5) is 0 Å². The van der Waals surface area contributed by atoms with Crippen molar-refractivity contribution in [3.63, 3.8) is 0 Å². The Bertz CT molecular complexity index is 680. The molecule has 4 unspecified atom stereocenters. The molecule has 0 radical (unpaired) electrons. The van der Waals surface area contributed by atoms with Crippen molar-refractivity contribution in [3.05, 3.63) is 34.9 Å². The molecule has 2 N–H and O–H groups in total. The van der Waals surface area contributed by atoms with E-state index in [-0.39, 0.29) is 17.1 Å². The summed E-state index contributed by atoms with van der Waals surface area (Å²) in [5, 5.41) is 20.4. The molecular formula is C19H24O4. The summed E-state index contributed by atoms with van der Waals surface area (Å²) in [6, 6.07) is 5.51. The quantitative estimate of drug-likeness (QED) is 0.819. The molecule has 1 saturated carbocycles. The van der Waals surface area contributed by atoms with Crippen LogP contribution in [-0.2, 0) is 10.2 Å². The standard InChI is InChI=1S/C19H24O4/c1-11(20)12-5-6-14-13(9-12)15(21)10-16-18(14,2)7-4-8-19(16,3)17(22)23/h5-6,9,15-16,21H,4,7-8,10H2,1-3H3,(H,22,23). The highest BCUT2D eigenvalue weighted by Gasteiger charge is 2.56. The number of carboxylic acids is 1. The zero-order valence-electron chi connectivity index (χ0n) is 13.9. The van der Waals surface area contributed by atoms with Crippen molar-refractivity contribution in [2.24, 2.45) is 11.3 Å². The van der Waals surface area contributed by atoms with Crippen LogP contribution in [0.5, 0.6) is 0 Å². The van der Waals surface area contributed by atoms with E-state index in [1.54, 1.807) is 12.1 Å². The van der Waals surface area contributed by atoms with Gasteiger partial charge in [0.2, 0.25) is 0 Å². The van der Waals surface area contributed by atoms with E-state index in [0.29, 0.717) is 18.4 Å². The number of hydrogen-bond acceptors (Lipinski definition) is 3. The number of aliphatic hydroxyl groups excluding tert-OH is 1. The van der Waals surface area contributed by atoms with Crippen LogP contribution >= 0.6 is 0 Å². The van der Waals surface area contributed by atoms with Crippen LogP contribution in [-0.4, -0.2) is 22.0 Å². The molecule has 3 rings (SSSR count). The van der Waals surface area contributed by atoms with Crippen molar-refractivity contribution < 1.29 is 19.8 Å². The number of carbonyl (C=O) groups excluding carboxylic acids is 1. The molecule has 124 valence electrons. The van der Waals surface area contributed by atoms with E-state index in [0.717, 1.165) is 24.0 Å². The first-order chi connectivity index (χ1) is 10.7. The number of aliphatic hydroxyl groups is 1. The summed E-state index contributed by atoms with van der Waals surface area (Å²) in [6.07, 6.45) is 2.16. The van der Waals surface area contributed by atoms with Crippen molar-refractivity contribution in [1.82, 2.24) is 0 Å². The summed E-state index contributed by atoms with van der Waals surface area (Å²) >= 11 is 0. The third-order valence-electron chi connectivity index (χ3n) is 6.31. The molecule has 0 aromatic heterocycles. The van der Waals surface area contributed by atoms with Gasteiger partial charge in [-0.3, -0.25) is 9.59 Å². The summed E-state index contributed by atoms with van der Waals surface area (Å²) in [5.74, 6) is -0.900. The van der Waals surface area contributed by atoms with E-state index in [1.807, 2.05) is 13.0 Å². The van der Waals surface area contributed by atoms with Crippen LogP contribution in [0, 0.1) is 11.3 Å². The molecule has 4 atom stereocenters. The van der Waals surface area contributed by atoms with Gasteiger partial charge in [0.05, 0.1) is 11.5 Å². The zero-order valence-corrected chi connectivity index (χ0v) is 13.9. The predicted molar refractivity (Wildman–Crippen MR) is 86.5 cm³/mol. The molecule has 2 aliphatic carbocycles. The second kappa shape index (κ2) is 5.17. The Morgan fingerprint density at radius 3 is 2.52 bits per heavy atom. The molecule has 4 nitrogen and oxygen atoms in total. The zero-order chi connectivity index (χ0) is 17.0. The van der Waals surface area contributed by atoms with Gasteiger partial charge in [-0.25, -0.2) is 0 Å². The first-order valence-corrected chi connectivity index (χ1v) is 8.27. The fourth-order valence-corrected chi connectivity index (χ4v) is 4.90. The third-order valence-corrected chi connectivity index (χ3v) is 6.31. The Morgan fingerprint density at radius 1 is 1.22 bits per heavy atom. The molecule has 0 bridgehead atoms. The lowest BCUT2D eigenvalue weighted by Gasteiger charge is -2.54. The van der Waals surface area contributed by atoms with Gasteiger partial charge in [0, 0.05) is 5.56 Å². The van der Waals surface area contributed by atoms with Crippen molar-refractivity contribution in [3.8, 4) is 0 Å². The van der Waals surface area contributed by atoms with Crippen LogP contribution in [0.15, 0.2) is 18.2 Å². The van der Waals surface area contributed by atoms with Gasteiger partial charge in [-0.15, -0.1) is 0 Å².